The molecule has 1 saturated heterocycles. The SMILES string of the molecule is COc1c(C)cc2c(c1O)[C@@H]1C3Cc4c(O)c(C)c5c(c4[C@H](CNC(=O)c4cccnc4Cl)N3[C@@H](C#N)[C@H](C2)N1C)OCO5.[Ac]. The number of hydrogen-bond donors (Lipinski definition) is 3. The minimum absolute atomic E-state index is 0. The topological polar surface area (TPSA) is 140 Å². The molecule has 1 fully saturated rings. The van der Waals surface area contributed by atoms with Crippen molar-refractivity contribution in [2.45, 2.75) is 56.9 Å². The molecule has 2 aromatic carbocycles. The van der Waals surface area contributed by atoms with Crippen LogP contribution < -0.4 is 19.5 Å². The van der Waals surface area contributed by atoms with E-state index in [4.69, 9.17) is 25.8 Å². The van der Waals surface area contributed by atoms with Crippen molar-refractivity contribution in [2.75, 3.05) is 27.5 Å². The maximum Gasteiger partial charge on any atom is 0.254 e. The molecule has 3 aromatic rings. The molecule has 3 N–H and O–H groups in total. The van der Waals surface area contributed by atoms with Gasteiger partial charge in [0.05, 0.1) is 30.8 Å². The molecule has 5 atom stereocenters. The maximum absolute atomic E-state index is 13.4. The summed E-state index contributed by atoms with van der Waals surface area (Å²) in [5.41, 5.74) is 4.69. The first-order valence-corrected chi connectivity index (χ1v) is 14.9. The van der Waals surface area contributed by atoms with Crippen molar-refractivity contribution >= 4 is 17.5 Å². The van der Waals surface area contributed by atoms with E-state index in [-0.39, 0.29) is 97.7 Å². The zero-order valence-corrected chi connectivity index (χ0v) is 30.8. The molecule has 13 heteroatoms. The van der Waals surface area contributed by atoms with E-state index in [1.54, 1.807) is 19.1 Å². The summed E-state index contributed by atoms with van der Waals surface area (Å²) in [6.45, 7) is 3.76. The second-order valence-electron chi connectivity index (χ2n) is 11.8. The average molecular weight is 845 g/mol. The van der Waals surface area contributed by atoms with Gasteiger partial charge in [0.1, 0.15) is 16.9 Å². The van der Waals surface area contributed by atoms with Crippen LogP contribution in [0.15, 0.2) is 24.4 Å². The van der Waals surface area contributed by atoms with Crippen LogP contribution in [0, 0.1) is 69.2 Å². The number of piperazine rings is 1. The van der Waals surface area contributed by atoms with E-state index < -0.39 is 18.0 Å². The fourth-order valence-electron chi connectivity index (χ4n) is 7.88. The number of fused-ring (bicyclic) bond motifs is 9. The Labute approximate surface area is 301 Å². The molecule has 231 valence electrons. The summed E-state index contributed by atoms with van der Waals surface area (Å²) in [6.07, 6.45) is 2.42. The van der Waals surface area contributed by atoms with Crippen LogP contribution in [0.1, 0.15) is 55.8 Å². The molecule has 0 aliphatic carbocycles. The van der Waals surface area contributed by atoms with Crippen molar-refractivity contribution in [3.8, 4) is 34.8 Å². The van der Waals surface area contributed by atoms with Crippen LogP contribution in [0.5, 0.6) is 28.7 Å². The Morgan fingerprint density at radius 1 is 1.20 bits per heavy atom. The van der Waals surface area contributed by atoms with Gasteiger partial charge in [-0.3, -0.25) is 14.6 Å². The van der Waals surface area contributed by atoms with Gasteiger partial charge < -0.3 is 29.7 Å². The van der Waals surface area contributed by atoms with Crippen LogP contribution in [-0.4, -0.2) is 76.5 Å². The van der Waals surface area contributed by atoms with Crippen LogP contribution in [-0.2, 0) is 12.8 Å². The molecule has 4 aliphatic rings. The summed E-state index contributed by atoms with van der Waals surface area (Å²) in [5.74, 6) is 1.14. The molecule has 0 saturated carbocycles. The zero-order chi connectivity index (χ0) is 31.0. The number of aryl methyl sites for hydroxylation is 1. The smallest absolute Gasteiger partial charge is 0.254 e. The third-order valence-corrected chi connectivity index (χ3v) is 10.1. The number of rotatable bonds is 4. The number of pyridine rings is 1. The van der Waals surface area contributed by atoms with Crippen LogP contribution in [0.4, 0.5) is 0 Å². The summed E-state index contributed by atoms with van der Waals surface area (Å²) in [5, 5.41) is 37.0. The Kier molecular flexibility index (Phi) is 8.64. The first-order chi connectivity index (χ1) is 21.2. The standard InChI is InChI=1S/C32H32ClN5O6.Ac/c1-14-8-16-9-19-21(11-34)38-20(25(37(19)3)23(16)27(40)28(14)42-4)10-18-24(30-29(43-13-44-30)15(2)26(18)39)22(38)12-36-32(41)17-6-5-7-35-31(17)33;/h5-8,19-22,25,39-40H,9-10,12-13H2,1-4H3,(H,36,41);/t19-,20?,21-,22-,25-;/m0./s1. The third-order valence-electron chi connectivity index (χ3n) is 9.75. The number of ether oxygens (including phenoxy) is 3. The van der Waals surface area contributed by atoms with Gasteiger partial charge in [0, 0.05) is 91.1 Å². The van der Waals surface area contributed by atoms with E-state index in [1.165, 1.54) is 13.3 Å². The van der Waals surface area contributed by atoms with E-state index >= 15 is 0 Å². The van der Waals surface area contributed by atoms with Gasteiger partial charge in [0.15, 0.2) is 23.0 Å². The molecule has 5 heterocycles. The molecule has 1 radical (unpaired) electrons. The summed E-state index contributed by atoms with van der Waals surface area (Å²) in [4.78, 5) is 21.7. The largest absolute Gasteiger partial charge is 0.507 e. The van der Waals surface area contributed by atoms with Gasteiger partial charge in [-0.15, -0.1) is 0 Å². The molecule has 7 rings (SSSR count). The first kappa shape index (κ1) is 32.2. The van der Waals surface area contributed by atoms with Crippen molar-refractivity contribution in [3.63, 3.8) is 0 Å². The molecule has 45 heavy (non-hydrogen) atoms. The Hall–Kier alpha value is -2.80. The fraction of sp³-hybridized carbons (Fsp3) is 0.406. The number of halogens is 1. The van der Waals surface area contributed by atoms with E-state index in [2.05, 4.69) is 26.2 Å². The molecule has 11 nitrogen and oxygen atoms in total. The number of carbonyl (C=O) groups excluding carboxylic acids is 1. The summed E-state index contributed by atoms with van der Waals surface area (Å²) >= 11 is 6.24. The number of phenolic OH excluding ortho intramolecular Hbond substituents is 2. The number of nitrogens with zero attached hydrogens (tertiary/aromatic N) is 4. The molecular formula is C32H32AcClN5O6. The number of benzene rings is 2. The van der Waals surface area contributed by atoms with E-state index in [1.807, 2.05) is 20.0 Å². The number of nitrogens with one attached hydrogen (secondary N) is 1. The average Bonchev–Trinajstić information content (AvgIpc) is 3.49. The molecule has 1 aromatic heterocycles. The van der Waals surface area contributed by atoms with E-state index in [0.717, 1.165) is 16.7 Å². The monoisotopic (exact) mass is 844 g/mol. The first-order valence-electron chi connectivity index (χ1n) is 14.5. The summed E-state index contributed by atoms with van der Waals surface area (Å²) < 4.78 is 17.4. The van der Waals surface area contributed by atoms with Gasteiger partial charge in [-0.05, 0) is 57.0 Å². The van der Waals surface area contributed by atoms with E-state index in [9.17, 15) is 20.3 Å². The fourth-order valence-corrected chi connectivity index (χ4v) is 8.09. The number of hydrogen-bond acceptors (Lipinski definition) is 10. The van der Waals surface area contributed by atoms with Gasteiger partial charge in [0.2, 0.25) is 6.79 Å². The number of likely N-dealkylation sites (N-methyl/N-ethyl adjacent to an activating group) is 1. The number of phenols is 2. The maximum atomic E-state index is 13.4. The van der Waals surface area contributed by atoms with Crippen molar-refractivity contribution in [3.05, 3.63) is 68.5 Å². The summed E-state index contributed by atoms with van der Waals surface area (Å²) in [7, 11) is 3.52. The predicted molar refractivity (Wildman–Crippen MR) is 159 cm³/mol. The number of methoxy groups -OCH3 is 1. The van der Waals surface area contributed by atoms with Gasteiger partial charge in [-0.25, -0.2) is 4.98 Å². The van der Waals surface area contributed by atoms with Crippen molar-refractivity contribution in [2.24, 2.45) is 0 Å². The predicted octanol–water partition coefficient (Wildman–Crippen LogP) is 3.70. The van der Waals surface area contributed by atoms with Gasteiger partial charge in [0.25, 0.3) is 5.91 Å². The van der Waals surface area contributed by atoms with Gasteiger partial charge >= 0.3 is 0 Å². The number of aromatic nitrogens is 1. The number of amides is 1. The second-order valence-corrected chi connectivity index (χ2v) is 12.2. The third kappa shape index (κ3) is 4.77. The Morgan fingerprint density at radius 3 is 2.67 bits per heavy atom. The summed E-state index contributed by atoms with van der Waals surface area (Å²) in [6, 6.07) is 5.77. The van der Waals surface area contributed by atoms with Crippen molar-refractivity contribution in [1.82, 2.24) is 20.1 Å². The van der Waals surface area contributed by atoms with Gasteiger partial charge in [-0.1, -0.05) is 17.7 Å². The zero-order valence-electron chi connectivity index (χ0n) is 25.3. The molecule has 0 spiro atoms. The number of nitriles is 1. The van der Waals surface area contributed by atoms with Crippen molar-refractivity contribution < 1.29 is 73.3 Å². The molecule has 2 bridgehead atoms. The Bertz CT molecular complexity index is 1770. The number of carbonyl (C=O) groups is 1. The number of aromatic hydroxyl groups is 2. The normalized spacial score (nSPS) is 24.4. The van der Waals surface area contributed by atoms with Crippen LogP contribution in [0.3, 0.4) is 0 Å². The second kappa shape index (κ2) is 12.1. The molecular weight excluding hydrogens is 813 g/mol. The molecule has 1 unspecified atom stereocenters. The van der Waals surface area contributed by atoms with Crippen molar-refractivity contribution in [1.29, 1.82) is 5.26 Å². The van der Waals surface area contributed by atoms with E-state index in [0.29, 0.717) is 46.8 Å². The van der Waals surface area contributed by atoms with Crippen LogP contribution in [0.2, 0.25) is 5.15 Å². The van der Waals surface area contributed by atoms with Crippen LogP contribution in [0.25, 0.3) is 0 Å². The van der Waals surface area contributed by atoms with Gasteiger partial charge in [-0.2, -0.15) is 5.26 Å². The Balaban J connectivity index is 0.00000357. The minimum Gasteiger partial charge on any atom is -0.507 e. The molecule has 4 aliphatic heterocycles. The molecule has 1 amide bonds. The Morgan fingerprint density at radius 2 is 1.96 bits per heavy atom. The quantitative estimate of drug-likeness (QED) is 0.334. The minimum atomic E-state index is -0.586. The van der Waals surface area contributed by atoms with Crippen LogP contribution >= 0.6 is 11.6 Å².